The molecular formula is C30H30N4O3. The summed E-state index contributed by atoms with van der Waals surface area (Å²) in [7, 11) is 0. The van der Waals surface area contributed by atoms with Gasteiger partial charge in [0.2, 0.25) is 0 Å². The minimum atomic E-state index is -0.291. The van der Waals surface area contributed by atoms with E-state index in [-0.39, 0.29) is 18.4 Å². The number of aromatic nitrogens is 2. The van der Waals surface area contributed by atoms with E-state index in [4.69, 9.17) is 14.5 Å². The van der Waals surface area contributed by atoms with Crippen LogP contribution in [0.5, 0.6) is 5.75 Å². The number of hydrogen-bond donors (Lipinski definition) is 1. The lowest BCUT2D eigenvalue weighted by Crippen LogP contribution is -2.16. The molecule has 0 saturated heterocycles. The van der Waals surface area contributed by atoms with Crippen molar-refractivity contribution >= 4 is 22.7 Å². The first-order valence-corrected chi connectivity index (χ1v) is 12.8. The fourth-order valence-corrected chi connectivity index (χ4v) is 4.86. The van der Waals surface area contributed by atoms with Crippen molar-refractivity contribution in [2.24, 2.45) is 0 Å². The van der Waals surface area contributed by atoms with Crippen molar-refractivity contribution in [3.63, 3.8) is 0 Å². The molecule has 0 aliphatic carbocycles. The van der Waals surface area contributed by atoms with E-state index in [2.05, 4.69) is 28.1 Å². The number of anilines is 1. The molecule has 2 aromatic heterocycles. The minimum absolute atomic E-state index is 0.174. The molecule has 0 bridgehead atoms. The van der Waals surface area contributed by atoms with Crippen LogP contribution in [0, 0.1) is 11.3 Å². The molecule has 0 fully saturated rings. The number of carbonyl (C=O) groups is 1. The highest BCUT2D eigenvalue weighted by Gasteiger charge is 2.21. The number of benzene rings is 2. The lowest BCUT2D eigenvalue weighted by Gasteiger charge is -2.20. The Morgan fingerprint density at radius 3 is 2.97 bits per heavy atom. The molecule has 1 N–H and O–H groups in total. The third kappa shape index (κ3) is 5.59. The van der Waals surface area contributed by atoms with Crippen LogP contribution in [-0.2, 0) is 22.4 Å². The largest absolute Gasteiger partial charge is 0.493 e. The maximum atomic E-state index is 12.5. The Morgan fingerprint density at radius 1 is 1.19 bits per heavy atom. The van der Waals surface area contributed by atoms with Gasteiger partial charge in [-0.1, -0.05) is 18.2 Å². The fraction of sp³-hybridized carbons (Fsp3) is 0.300. The summed E-state index contributed by atoms with van der Waals surface area (Å²) in [6.45, 7) is 3.64. The van der Waals surface area contributed by atoms with Gasteiger partial charge in [-0.15, -0.1) is 0 Å². The molecule has 5 rings (SSSR count). The predicted molar refractivity (Wildman–Crippen MR) is 143 cm³/mol. The first-order chi connectivity index (χ1) is 18.1. The van der Waals surface area contributed by atoms with Crippen LogP contribution >= 0.6 is 0 Å². The van der Waals surface area contributed by atoms with Gasteiger partial charge in [-0.2, -0.15) is 5.26 Å². The monoisotopic (exact) mass is 494 g/mol. The Bertz CT molecular complexity index is 1450. The van der Waals surface area contributed by atoms with Crippen molar-refractivity contribution in [3.8, 4) is 11.8 Å². The standard InChI is InChI=1S/C30H30N4O3/c1-2-36-29(35)19-28(23-6-3-5-21(17-23)20-31)34-15-12-24-18-26(10-11-27(24)34)37-16-13-25-9-8-22-7-4-14-32-30(22)33-25/h3,5-6,8-12,15,17-18,28H,2,4,7,13-14,16,19H2,1H3,(H,32,33). The number of hydrogen-bond acceptors (Lipinski definition) is 6. The van der Waals surface area contributed by atoms with E-state index in [1.165, 1.54) is 5.56 Å². The van der Waals surface area contributed by atoms with Gasteiger partial charge in [0, 0.05) is 35.8 Å². The molecule has 0 radical (unpaired) electrons. The molecule has 0 spiro atoms. The second-order valence-electron chi connectivity index (χ2n) is 9.14. The van der Waals surface area contributed by atoms with Crippen LogP contribution in [0.3, 0.4) is 0 Å². The number of carbonyl (C=O) groups excluding carboxylic acids is 1. The number of fused-ring (bicyclic) bond motifs is 2. The van der Waals surface area contributed by atoms with Crippen molar-refractivity contribution in [3.05, 3.63) is 89.2 Å². The molecule has 1 aliphatic heterocycles. The van der Waals surface area contributed by atoms with E-state index >= 15 is 0 Å². The zero-order valence-electron chi connectivity index (χ0n) is 20.9. The average molecular weight is 495 g/mol. The molecule has 3 heterocycles. The molecule has 1 unspecified atom stereocenters. The highest BCUT2D eigenvalue weighted by atomic mass is 16.5. The average Bonchev–Trinajstić information content (AvgIpc) is 3.35. The normalized spacial score (nSPS) is 13.3. The summed E-state index contributed by atoms with van der Waals surface area (Å²) in [5.74, 6) is 1.52. The number of esters is 1. The van der Waals surface area contributed by atoms with Crippen LogP contribution in [-0.4, -0.2) is 35.3 Å². The molecule has 188 valence electrons. The lowest BCUT2D eigenvalue weighted by molar-refractivity contribution is -0.143. The van der Waals surface area contributed by atoms with Gasteiger partial charge in [0.25, 0.3) is 0 Å². The summed E-state index contributed by atoms with van der Waals surface area (Å²) < 4.78 is 13.4. The first-order valence-electron chi connectivity index (χ1n) is 12.8. The van der Waals surface area contributed by atoms with E-state index in [1.54, 1.807) is 13.0 Å². The number of rotatable bonds is 9. The van der Waals surface area contributed by atoms with Crippen molar-refractivity contribution in [1.82, 2.24) is 9.55 Å². The van der Waals surface area contributed by atoms with E-state index in [0.29, 0.717) is 18.8 Å². The Balaban J connectivity index is 1.33. The molecule has 1 atom stereocenters. The fourth-order valence-electron chi connectivity index (χ4n) is 4.86. The topological polar surface area (TPSA) is 89.2 Å². The van der Waals surface area contributed by atoms with Gasteiger partial charge in [0.05, 0.1) is 37.3 Å². The molecule has 1 aliphatic rings. The van der Waals surface area contributed by atoms with Crippen LogP contribution in [0.1, 0.15) is 48.2 Å². The van der Waals surface area contributed by atoms with Crippen LogP contribution in [0.15, 0.2) is 66.9 Å². The van der Waals surface area contributed by atoms with Gasteiger partial charge in [0.1, 0.15) is 11.6 Å². The van der Waals surface area contributed by atoms with Crippen molar-refractivity contribution < 1.29 is 14.3 Å². The third-order valence-electron chi connectivity index (χ3n) is 6.67. The van der Waals surface area contributed by atoms with Gasteiger partial charge in [-0.25, -0.2) is 4.98 Å². The summed E-state index contributed by atoms with van der Waals surface area (Å²) in [4.78, 5) is 17.2. The zero-order valence-corrected chi connectivity index (χ0v) is 20.9. The molecule has 0 amide bonds. The number of pyridine rings is 1. The van der Waals surface area contributed by atoms with Crippen molar-refractivity contribution in [2.75, 3.05) is 25.1 Å². The molecule has 0 saturated carbocycles. The number of nitriles is 1. The Labute approximate surface area is 216 Å². The maximum Gasteiger partial charge on any atom is 0.308 e. The molecule has 37 heavy (non-hydrogen) atoms. The molecule has 2 aromatic carbocycles. The molecule has 4 aromatic rings. The summed E-state index contributed by atoms with van der Waals surface area (Å²) in [5, 5.41) is 13.8. The lowest BCUT2D eigenvalue weighted by atomic mass is 10.0. The molecule has 7 nitrogen and oxygen atoms in total. The number of nitrogens with zero attached hydrogens (tertiary/aromatic N) is 3. The number of aryl methyl sites for hydroxylation is 1. The van der Waals surface area contributed by atoms with Crippen LogP contribution in [0.4, 0.5) is 5.82 Å². The molecular weight excluding hydrogens is 464 g/mol. The molecule has 7 heteroatoms. The Morgan fingerprint density at radius 2 is 2.11 bits per heavy atom. The van der Waals surface area contributed by atoms with Gasteiger partial charge >= 0.3 is 5.97 Å². The Kier molecular flexibility index (Phi) is 7.36. The summed E-state index contributed by atoms with van der Waals surface area (Å²) >= 11 is 0. The number of ether oxygens (including phenoxy) is 2. The minimum Gasteiger partial charge on any atom is -0.493 e. The van der Waals surface area contributed by atoms with Crippen LogP contribution < -0.4 is 10.1 Å². The van der Waals surface area contributed by atoms with E-state index in [0.717, 1.165) is 59.5 Å². The second-order valence-corrected chi connectivity index (χ2v) is 9.14. The second kappa shape index (κ2) is 11.2. The predicted octanol–water partition coefficient (Wildman–Crippen LogP) is 5.43. The summed E-state index contributed by atoms with van der Waals surface area (Å²) in [6, 6.07) is 21.5. The van der Waals surface area contributed by atoms with Crippen LogP contribution in [0.25, 0.3) is 10.9 Å². The summed E-state index contributed by atoms with van der Waals surface area (Å²) in [6.07, 6.45) is 5.10. The van der Waals surface area contributed by atoms with Gasteiger partial charge in [-0.3, -0.25) is 4.79 Å². The van der Waals surface area contributed by atoms with Crippen LogP contribution in [0.2, 0.25) is 0 Å². The maximum absolute atomic E-state index is 12.5. The van der Waals surface area contributed by atoms with E-state index in [9.17, 15) is 10.1 Å². The van der Waals surface area contributed by atoms with Gasteiger partial charge in [0.15, 0.2) is 0 Å². The van der Waals surface area contributed by atoms with Crippen molar-refractivity contribution in [1.29, 1.82) is 5.26 Å². The zero-order chi connectivity index (χ0) is 25.6. The smallest absolute Gasteiger partial charge is 0.308 e. The highest BCUT2D eigenvalue weighted by Crippen LogP contribution is 2.31. The SMILES string of the molecule is CCOC(=O)CC(c1cccc(C#N)c1)n1ccc2cc(OCCc3ccc4c(n3)NCCC4)ccc21. The van der Waals surface area contributed by atoms with Gasteiger partial charge in [-0.05, 0) is 73.4 Å². The number of nitrogens with one attached hydrogen (secondary N) is 1. The highest BCUT2D eigenvalue weighted by molar-refractivity contribution is 5.82. The summed E-state index contributed by atoms with van der Waals surface area (Å²) in [5.41, 5.74) is 4.72. The Hall–Kier alpha value is -4.31. The quantitative estimate of drug-likeness (QED) is 0.312. The third-order valence-corrected chi connectivity index (χ3v) is 6.67. The van der Waals surface area contributed by atoms with E-state index in [1.807, 2.05) is 48.7 Å². The van der Waals surface area contributed by atoms with Gasteiger partial charge < -0.3 is 19.4 Å². The first kappa shape index (κ1) is 24.4. The van der Waals surface area contributed by atoms with Crippen molar-refractivity contribution in [2.45, 2.75) is 38.6 Å². The van der Waals surface area contributed by atoms with E-state index < -0.39 is 0 Å².